The number of anilines is 1. The van der Waals surface area contributed by atoms with Gasteiger partial charge in [0.2, 0.25) is 10.0 Å². The fourth-order valence-corrected chi connectivity index (χ4v) is 4.35. The van der Waals surface area contributed by atoms with Gasteiger partial charge in [-0.1, -0.05) is 0 Å². The van der Waals surface area contributed by atoms with E-state index in [1.54, 1.807) is 7.11 Å². The number of halogens is 1. The molecule has 0 N–H and O–H groups in total. The second-order valence-corrected chi connectivity index (χ2v) is 8.13. The van der Waals surface area contributed by atoms with E-state index in [9.17, 15) is 8.42 Å². The molecule has 0 bridgehead atoms. The first kappa shape index (κ1) is 13.2. The minimum Gasteiger partial charge on any atom is -0.495 e. The number of rotatable bonds is 2. The lowest BCUT2D eigenvalue weighted by Gasteiger charge is -2.35. The second kappa shape index (κ2) is 4.12. The van der Waals surface area contributed by atoms with Gasteiger partial charge in [-0.3, -0.25) is 4.31 Å². The lowest BCUT2D eigenvalue weighted by molar-refractivity contribution is 0.411. The summed E-state index contributed by atoms with van der Waals surface area (Å²) in [6, 6.07) is 3.86. The first-order valence-electron chi connectivity index (χ1n) is 6.23. The molecule has 1 aliphatic heterocycles. The van der Waals surface area contributed by atoms with Crippen molar-refractivity contribution in [2.24, 2.45) is 0 Å². The Labute approximate surface area is 121 Å². The van der Waals surface area contributed by atoms with Crippen molar-refractivity contribution >= 4 is 31.6 Å². The molecule has 0 radical (unpaired) electrons. The third kappa shape index (κ3) is 2.05. The highest BCUT2D eigenvalue weighted by Crippen LogP contribution is 2.58. The van der Waals surface area contributed by atoms with Crippen molar-refractivity contribution in [2.75, 3.05) is 24.2 Å². The van der Waals surface area contributed by atoms with Crippen molar-refractivity contribution in [3.63, 3.8) is 0 Å². The Balaban J connectivity index is 2.21. The van der Waals surface area contributed by atoms with Gasteiger partial charge < -0.3 is 4.74 Å². The van der Waals surface area contributed by atoms with Gasteiger partial charge in [0.1, 0.15) is 5.75 Å². The fourth-order valence-electron chi connectivity index (χ4n) is 2.92. The summed E-state index contributed by atoms with van der Waals surface area (Å²) >= 11 is 3.49. The van der Waals surface area contributed by atoms with Gasteiger partial charge in [0, 0.05) is 12.6 Å². The third-order valence-electron chi connectivity index (χ3n) is 4.16. The number of ether oxygens (including phenoxy) is 1. The Kier molecular flexibility index (Phi) is 2.87. The highest BCUT2D eigenvalue weighted by atomic mass is 79.9. The van der Waals surface area contributed by atoms with Crippen LogP contribution in [0.3, 0.4) is 0 Å². The summed E-state index contributed by atoms with van der Waals surface area (Å²) in [6.45, 7) is 0.566. The average Bonchev–Trinajstić information content (AvgIpc) is 3.09. The Bertz CT molecular complexity index is 638. The van der Waals surface area contributed by atoms with Crippen LogP contribution >= 0.6 is 15.9 Å². The maximum absolute atomic E-state index is 11.9. The SMILES string of the molecule is COc1cc2c(cc1Br)C1(CCN2S(C)(=O)=O)CC1. The number of hydrogen-bond acceptors (Lipinski definition) is 3. The van der Waals surface area contributed by atoms with E-state index in [4.69, 9.17) is 4.74 Å². The van der Waals surface area contributed by atoms with Crippen LogP contribution in [0.25, 0.3) is 0 Å². The predicted molar refractivity (Wildman–Crippen MR) is 78.4 cm³/mol. The molecule has 6 heteroatoms. The van der Waals surface area contributed by atoms with Crippen molar-refractivity contribution in [3.8, 4) is 5.75 Å². The van der Waals surface area contributed by atoms with Crippen LogP contribution in [0.5, 0.6) is 5.75 Å². The van der Waals surface area contributed by atoms with E-state index in [0.29, 0.717) is 12.3 Å². The summed E-state index contributed by atoms with van der Waals surface area (Å²) in [5, 5.41) is 0. The van der Waals surface area contributed by atoms with Gasteiger partial charge in [0.15, 0.2) is 0 Å². The summed E-state index contributed by atoms with van der Waals surface area (Å²) in [7, 11) is -1.65. The first-order valence-corrected chi connectivity index (χ1v) is 8.87. The van der Waals surface area contributed by atoms with Crippen LogP contribution in [-0.2, 0) is 15.4 Å². The molecule has 0 aromatic heterocycles. The summed E-state index contributed by atoms with van der Waals surface area (Å²) in [6.07, 6.45) is 4.47. The minimum absolute atomic E-state index is 0.200. The minimum atomic E-state index is -3.24. The number of hydrogen-bond donors (Lipinski definition) is 0. The van der Waals surface area contributed by atoms with Crippen LogP contribution in [-0.4, -0.2) is 28.3 Å². The van der Waals surface area contributed by atoms with Crippen LogP contribution in [0.15, 0.2) is 16.6 Å². The normalized spacial score (nSPS) is 20.3. The Hall–Kier alpha value is -0.750. The highest BCUT2D eigenvalue weighted by molar-refractivity contribution is 9.10. The van der Waals surface area contributed by atoms with Gasteiger partial charge >= 0.3 is 0 Å². The maximum Gasteiger partial charge on any atom is 0.232 e. The lowest BCUT2D eigenvalue weighted by Crippen LogP contribution is -2.38. The Morgan fingerprint density at radius 3 is 2.53 bits per heavy atom. The molecule has 4 nitrogen and oxygen atoms in total. The monoisotopic (exact) mass is 345 g/mol. The number of sulfonamides is 1. The van der Waals surface area contributed by atoms with Crippen molar-refractivity contribution in [2.45, 2.75) is 24.7 Å². The van der Waals surface area contributed by atoms with Gasteiger partial charge in [-0.2, -0.15) is 0 Å². The van der Waals surface area contributed by atoms with Crippen LogP contribution in [0.2, 0.25) is 0 Å². The van der Waals surface area contributed by atoms with E-state index in [0.717, 1.165) is 35.0 Å². The lowest BCUT2D eigenvalue weighted by atomic mass is 9.88. The fraction of sp³-hybridized carbons (Fsp3) is 0.538. The molecule has 19 heavy (non-hydrogen) atoms. The highest BCUT2D eigenvalue weighted by Gasteiger charge is 2.49. The zero-order chi connectivity index (χ0) is 13.8. The molecule has 1 aromatic rings. The summed E-state index contributed by atoms with van der Waals surface area (Å²) in [5.74, 6) is 0.671. The van der Waals surface area contributed by atoms with E-state index in [1.807, 2.05) is 12.1 Å². The van der Waals surface area contributed by atoms with Crippen LogP contribution < -0.4 is 9.04 Å². The zero-order valence-electron chi connectivity index (χ0n) is 10.9. The van der Waals surface area contributed by atoms with E-state index < -0.39 is 10.0 Å². The molecule has 0 saturated heterocycles. The maximum atomic E-state index is 11.9. The van der Waals surface area contributed by atoms with E-state index >= 15 is 0 Å². The second-order valence-electron chi connectivity index (χ2n) is 5.37. The predicted octanol–water partition coefficient (Wildman–Crippen LogP) is 2.66. The quantitative estimate of drug-likeness (QED) is 0.827. The topological polar surface area (TPSA) is 46.6 Å². The van der Waals surface area contributed by atoms with E-state index in [2.05, 4.69) is 15.9 Å². The standard InChI is InChI=1S/C13H16BrNO3S/c1-18-12-8-11-9(7-10(12)14)13(3-4-13)5-6-15(11)19(2,16)17/h7-8H,3-6H2,1-2H3. The van der Waals surface area contributed by atoms with Crippen molar-refractivity contribution in [3.05, 3.63) is 22.2 Å². The van der Waals surface area contributed by atoms with Crippen molar-refractivity contribution in [1.82, 2.24) is 0 Å². The molecule has 104 valence electrons. The molecule has 1 aliphatic carbocycles. The van der Waals surface area contributed by atoms with Gasteiger partial charge in [-0.05, 0) is 52.2 Å². The van der Waals surface area contributed by atoms with Gasteiger partial charge in [0.05, 0.1) is 23.5 Å². The van der Waals surface area contributed by atoms with Crippen molar-refractivity contribution < 1.29 is 13.2 Å². The number of fused-ring (bicyclic) bond motifs is 2. The van der Waals surface area contributed by atoms with Crippen LogP contribution in [0.1, 0.15) is 24.8 Å². The van der Waals surface area contributed by atoms with E-state index in [-0.39, 0.29) is 5.41 Å². The molecular formula is C13H16BrNO3S. The summed E-state index contributed by atoms with van der Waals surface area (Å²) < 4.78 is 31.6. The van der Waals surface area contributed by atoms with E-state index in [1.165, 1.54) is 10.6 Å². The number of methoxy groups -OCH3 is 1. The molecule has 1 heterocycles. The number of benzene rings is 1. The first-order chi connectivity index (χ1) is 8.87. The van der Waals surface area contributed by atoms with Crippen LogP contribution in [0, 0.1) is 0 Å². The van der Waals surface area contributed by atoms with Gasteiger partial charge in [-0.25, -0.2) is 8.42 Å². The smallest absolute Gasteiger partial charge is 0.232 e. The molecule has 0 amide bonds. The summed E-state index contributed by atoms with van der Waals surface area (Å²) in [4.78, 5) is 0. The molecular weight excluding hydrogens is 330 g/mol. The largest absolute Gasteiger partial charge is 0.495 e. The Morgan fingerprint density at radius 1 is 1.32 bits per heavy atom. The zero-order valence-corrected chi connectivity index (χ0v) is 13.3. The molecule has 1 aromatic carbocycles. The van der Waals surface area contributed by atoms with Gasteiger partial charge in [0.25, 0.3) is 0 Å². The summed E-state index contributed by atoms with van der Waals surface area (Å²) in [5.41, 5.74) is 2.12. The molecule has 3 rings (SSSR count). The molecule has 1 spiro atoms. The number of nitrogens with zero attached hydrogens (tertiary/aromatic N) is 1. The molecule has 1 fully saturated rings. The molecule has 2 aliphatic rings. The van der Waals surface area contributed by atoms with Crippen molar-refractivity contribution in [1.29, 1.82) is 0 Å². The van der Waals surface area contributed by atoms with Crippen LogP contribution in [0.4, 0.5) is 5.69 Å². The third-order valence-corrected chi connectivity index (χ3v) is 5.96. The average molecular weight is 346 g/mol. The molecule has 0 unspecified atom stereocenters. The molecule has 1 saturated carbocycles. The molecule has 0 atom stereocenters. The Morgan fingerprint density at radius 2 is 2.00 bits per heavy atom. The van der Waals surface area contributed by atoms with Gasteiger partial charge in [-0.15, -0.1) is 0 Å².